The van der Waals surface area contributed by atoms with Crippen molar-refractivity contribution in [2.45, 2.75) is 32.7 Å². The van der Waals surface area contributed by atoms with Gasteiger partial charge in [-0.05, 0) is 37.0 Å². The Morgan fingerprint density at radius 2 is 2.38 bits per heavy atom. The first kappa shape index (κ1) is 10.9. The van der Waals surface area contributed by atoms with Crippen LogP contribution >= 0.6 is 0 Å². The van der Waals surface area contributed by atoms with E-state index in [1.165, 1.54) is 0 Å². The van der Waals surface area contributed by atoms with Crippen molar-refractivity contribution in [3.63, 3.8) is 0 Å². The molecule has 0 aliphatic carbocycles. The van der Waals surface area contributed by atoms with Gasteiger partial charge in [-0.25, -0.2) is 4.98 Å². The first-order chi connectivity index (χ1) is 7.59. The van der Waals surface area contributed by atoms with Crippen LogP contribution in [0.1, 0.15) is 36.9 Å². The van der Waals surface area contributed by atoms with E-state index in [9.17, 15) is 4.79 Å². The van der Waals surface area contributed by atoms with Gasteiger partial charge in [0.1, 0.15) is 5.82 Å². The largest absolute Gasteiger partial charge is 0.384 e. The Balaban J connectivity index is 2.32. The Bertz CT molecular complexity index is 417. The van der Waals surface area contributed by atoms with Gasteiger partial charge in [0.25, 0.3) is 0 Å². The lowest BCUT2D eigenvalue weighted by Crippen LogP contribution is -2.28. The van der Waals surface area contributed by atoms with Crippen molar-refractivity contribution in [2.24, 2.45) is 0 Å². The highest BCUT2D eigenvalue weighted by Gasteiger charge is 2.28. The summed E-state index contributed by atoms with van der Waals surface area (Å²) >= 11 is 0. The van der Waals surface area contributed by atoms with Crippen LogP contribution in [0.4, 0.5) is 5.82 Å². The number of aromatic nitrogens is 1. The molecule has 2 N–H and O–H groups in total. The van der Waals surface area contributed by atoms with Gasteiger partial charge in [-0.2, -0.15) is 0 Å². The molecular formula is C12H17N3O. The summed E-state index contributed by atoms with van der Waals surface area (Å²) in [4.78, 5) is 17.5. The van der Waals surface area contributed by atoms with Gasteiger partial charge in [-0.3, -0.25) is 4.79 Å². The molecule has 1 amide bonds. The maximum Gasteiger partial charge on any atom is 0.219 e. The molecule has 1 fully saturated rings. The Labute approximate surface area is 95.5 Å². The van der Waals surface area contributed by atoms with Crippen molar-refractivity contribution in [3.05, 3.63) is 23.4 Å². The number of nitrogen functional groups attached to an aromatic ring is 1. The molecule has 0 radical (unpaired) electrons. The van der Waals surface area contributed by atoms with Crippen molar-refractivity contribution in [1.82, 2.24) is 9.88 Å². The van der Waals surface area contributed by atoms with Gasteiger partial charge in [0.15, 0.2) is 0 Å². The minimum Gasteiger partial charge on any atom is -0.384 e. The summed E-state index contributed by atoms with van der Waals surface area (Å²) in [6.07, 6.45) is 3.89. The number of rotatable bonds is 1. The molecule has 0 saturated carbocycles. The van der Waals surface area contributed by atoms with Crippen LogP contribution in [-0.2, 0) is 4.79 Å². The fraction of sp³-hybridized carbons (Fsp3) is 0.500. The molecule has 2 rings (SSSR count). The van der Waals surface area contributed by atoms with E-state index in [0.717, 1.165) is 30.5 Å². The summed E-state index contributed by atoms with van der Waals surface area (Å²) in [6, 6.07) is 2.05. The molecule has 0 unspecified atom stereocenters. The van der Waals surface area contributed by atoms with E-state index in [-0.39, 0.29) is 11.9 Å². The number of carbonyl (C=O) groups is 1. The lowest BCUT2D eigenvalue weighted by molar-refractivity contribution is -0.129. The normalized spacial score (nSPS) is 20.1. The standard InChI is InChI=1S/C12H17N3O/c1-8-6-12(13)14-7-10(8)11-4-3-5-15(11)9(2)16/h6-7,11H,3-5H2,1-2H3,(H2,13,14)/t11-/m1/s1. The van der Waals surface area contributed by atoms with E-state index in [1.807, 2.05) is 17.9 Å². The summed E-state index contributed by atoms with van der Waals surface area (Å²) < 4.78 is 0. The molecule has 0 spiro atoms. The summed E-state index contributed by atoms with van der Waals surface area (Å²) in [5.41, 5.74) is 7.87. The third-order valence-electron chi connectivity index (χ3n) is 3.19. The second kappa shape index (κ2) is 4.12. The molecule has 1 aromatic heterocycles. The van der Waals surface area contributed by atoms with Crippen LogP contribution in [0.5, 0.6) is 0 Å². The maximum absolute atomic E-state index is 11.5. The average Bonchev–Trinajstić information content (AvgIpc) is 2.66. The SMILES string of the molecule is CC(=O)N1CCC[C@@H]1c1cnc(N)cc1C. The molecule has 1 aliphatic rings. The average molecular weight is 219 g/mol. The number of pyridine rings is 1. The fourth-order valence-corrected chi connectivity index (χ4v) is 2.40. The van der Waals surface area contributed by atoms with Crippen LogP contribution in [0, 0.1) is 6.92 Å². The minimum absolute atomic E-state index is 0.138. The van der Waals surface area contributed by atoms with Gasteiger partial charge in [0.05, 0.1) is 6.04 Å². The quantitative estimate of drug-likeness (QED) is 0.781. The molecule has 86 valence electrons. The number of hydrogen-bond donors (Lipinski definition) is 1. The second-order valence-corrected chi connectivity index (χ2v) is 4.34. The highest BCUT2D eigenvalue weighted by molar-refractivity contribution is 5.74. The van der Waals surface area contributed by atoms with Crippen molar-refractivity contribution >= 4 is 11.7 Å². The molecule has 1 aromatic rings. The predicted molar refractivity (Wildman–Crippen MR) is 62.7 cm³/mol. The molecule has 0 aromatic carbocycles. The van der Waals surface area contributed by atoms with Crippen LogP contribution in [0.25, 0.3) is 0 Å². The zero-order valence-corrected chi connectivity index (χ0v) is 9.73. The lowest BCUT2D eigenvalue weighted by atomic mass is 10.0. The number of likely N-dealkylation sites (tertiary alicyclic amines) is 1. The highest BCUT2D eigenvalue weighted by Crippen LogP contribution is 2.33. The number of aryl methyl sites for hydroxylation is 1. The van der Waals surface area contributed by atoms with Crippen LogP contribution < -0.4 is 5.73 Å². The molecule has 1 atom stereocenters. The van der Waals surface area contributed by atoms with Crippen molar-refractivity contribution < 1.29 is 4.79 Å². The third-order valence-corrected chi connectivity index (χ3v) is 3.19. The van der Waals surface area contributed by atoms with E-state index in [0.29, 0.717) is 5.82 Å². The van der Waals surface area contributed by atoms with Gasteiger partial charge >= 0.3 is 0 Å². The number of nitrogens with zero attached hydrogens (tertiary/aromatic N) is 2. The van der Waals surface area contributed by atoms with E-state index in [4.69, 9.17) is 5.73 Å². The topological polar surface area (TPSA) is 59.2 Å². The number of nitrogens with two attached hydrogens (primary N) is 1. The first-order valence-corrected chi connectivity index (χ1v) is 5.59. The van der Waals surface area contributed by atoms with Crippen molar-refractivity contribution in [3.8, 4) is 0 Å². The molecule has 2 heterocycles. The Morgan fingerprint density at radius 1 is 1.62 bits per heavy atom. The summed E-state index contributed by atoms with van der Waals surface area (Å²) in [5.74, 6) is 0.673. The third kappa shape index (κ3) is 1.87. The molecule has 1 saturated heterocycles. The Hall–Kier alpha value is -1.58. The van der Waals surface area contributed by atoms with E-state index in [2.05, 4.69) is 4.98 Å². The fourth-order valence-electron chi connectivity index (χ4n) is 2.40. The molecule has 4 nitrogen and oxygen atoms in total. The monoisotopic (exact) mass is 219 g/mol. The van der Waals surface area contributed by atoms with Crippen LogP contribution in [0.2, 0.25) is 0 Å². The van der Waals surface area contributed by atoms with Crippen molar-refractivity contribution in [1.29, 1.82) is 0 Å². The molecule has 16 heavy (non-hydrogen) atoms. The number of anilines is 1. The number of amides is 1. The molecule has 4 heteroatoms. The predicted octanol–water partition coefficient (Wildman–Crippen LogP) is 1.66. The van der Waals surface area contributed by atoms with Gasteiger partial charge in [-0.1, -0.05) is 0 Å². The number of hydrogen-bond acceptors (Lipinski definition) is 3. The Morgan fingerprint density at radius 3 is 3.00 bits per heavy atom. The van der Waals surface area contributed by atoms with Gasteiger partial charge in [0, 0.05) is 19.7 Å². The summed E-state index contributed by atoms with van der Waals surface area (Å²) in [7, 11) is 0. The van der Waals surface area contributed by atoms with Crippen LogP contribution in [-0.4, -0.2) is 22.3 Å². The van der Waals surface area contributed by atoms with E-state index < -0.39 is 0 Å². The van der Waals surface area contributed by atoms with E-state index >= 15 is 0 Å². The Kier molecular flexibility index (Phi) is 2.81. The minimum atomic E-state index is 0.138. The van der Waals surface area contributed by atoms with Crippen LogP contribution in [0.3, 0.4) is 0 Å². The molecular weight excluding hydrogens is 202 g/mol. The molecule has 0 bridgehead atoms. The van der Waals surface area contributed by atoms with Gasteiger partial charge in [-0.15, -0.1) is 0 Å². The number of carbonyl (C=O) groups excluding carboxylic acids is 1. The summed E-state index contributed by atoms with van der Waals surface area (Å²) in [5, 5.41) is 0. The molecule has 1 aliphatic heterocycles. The second-order valence-electron chi connectivity index (χ2n) is 4.34. The maximum atomic E-state index is 11.5. The first-order valence-electron chi connectivity index (χ1n) is 5.59. The lowest BCUT2D eigenvalue weighted by Gasteiger charge is -2.24. The van der Waals surface area contributed by atoms with Crippen molar-refractivity contribution in [2.75, 3.05) is 12.3 Å². The van der Waals surface area contributed by atoms with Crippen LogP contribution in [0.15, 0.2) is 12.3 Å². The van der Waals surface area contributed by atoms with E-state index in [1.54, 1.807) is 13.1 Å². The smallest absolute Gasteiger partial charge is 0.219 e. The van der Waals surface area contributed by atoms with Gasteiger partial charge in [0.2, 0.25) is 5.91 Å². The summed E-state index contributed by atoms with van der Waals surface area (Å²) in [6.45, 7) is 4.49. The highest BCUT2D eigenvalue weighted by atomic mass is 16.2. The zero-order chi connectivity index (χ0) is 11.7. The van der Waals surface area contributed by atoms with Gasteiger partial charge < -0.3 is 10.6 Å². The zero-order valence-electron chi connectivity index (χ0n) is 9.73.